The summed E-state index contributed by atoms with van der Waals surface area (Å²) in [4.78, 5) is 17.3. The van der Waals surface area contributed by atoms with Gasteiger partial charge in [-0.15, -0.1) is 0 Å². The van der Waals surface area contributed by atoms with Gasteiger partial charge in [0.25, 0.3) is 15.9 Å². The molecular formula is C24H19N3O3S. The lowest BCUT2D eigenvalue weighted by molar-refractivity contribution is 0.102. The summed E-state index contributed by atoms with van der Waals surface area (Å²) in [5, 5.41) is 3.69. The zero-order chi connectivity index (χ0) is 21.4. The number of fused-ring (bicyclic) bond motifs is 2. The van der Waals surface area contributed by atoms with Crippen molar-refractivity contribution in [3.8, 4) is 0 Å². The van der Waals surface area contributed by atoms with Crippen molar-refractivity contribution in [1.82, 2.24) is 4.98 Å². The summed E-state index contributed by atoms with van der Waals surface area (Å²) >= 11 is 0. The standard InChI is InChI=1S/C24H19N3O3S/c28-24(26-22-11-4-10-21-20(22)9-5-14-25-21)18-7-3-8-19(16-18)31(29,30)27-15-13-17-6-1-2-12-23(17)27/h1-12,14,16H,13,15H2,(H,26,28). The van der Waals surface area contributed by atoms with Gasteiger partial charge in [0.1, 0.15) is 0 Å². The van der Waals surface area contributed by atoms with Crippen molar-refractivity contribution in [2.45, 2.75) is 11.3 Å². The van der Waals surface area contributed by atoms with Crippen LogP contribution in [0, 0.1) is 0 Å². The summed E-state index contributed by atoms with van der Waals surface area (Å²) in [7, 11) is -3.77. The highest BCUT2D eigenvalue weighted by Crippen LogP contribution is 2.33. The number of benzene rings is 3. The third-order valence-corrected chi connectivity index (χ3v) is 7.23. The maximum absolute atomic E-state index is 13.3. The first-order chi connectivity index (χ1) is 15.0. The fourth-order valence-electron chi connectivity index (χ4n) is 3.89. The lowest BCUT2D eigenvalue weighted by Gasteiger charge is -2.20. The number of carbonyl (C=O) groups is 1. The van der Waals surface area contributed by atoms with Crippen molar-refractivity contribution < 1.29 is 13.2 Å². The minimum Gasteiger partial charge on any atom is -0.321 e. The van der Waals surface area contributed by atoms with Crippen LogP contribution in [-0.2, 0) is 16.4 Å². The van der Waals surface area contributed by atoms with Crippen LogP contribution in [0.3, 0.4) is 0 Å². The molecule has 1 amide bonds. The number of carbonyl (C=O) groups excluding carboxylic acids is 1. The molecule has 4 aromatic rings. The normalized spacial score (nSPS) is 13.2. The molecule has 0 radical (unpaired) electrons. The molecule has 3 aromatic carbocycles. The van der Waals surface area contributed by atoms with Crippen LogP contribution < -0.4 is 9.62 Å². The average Bonchev–Trinajstić information content (AvgIpc) is 3.24. The average molecular weight is 430 g/mol. The summed E-state index contributed by atoms with van der Waals surface area (Å²) in [6.07, 6.45) is 2.36. The molecule has 0 unspecified atom stereocenters. The second kappa shape index (κ2) is 7.52. The number of rotatable bonds is 4. The monoisotopic (exact) mass is 429 g/mol. The van der Waals surface area contributed by atoms with Crippen molar-refractivity contribution in [2.24, 2.45) is 0 Å². The molecule has 1 aromatic heterocycles. The van der Waals surface area contributed by atoms with E-state index < -0.39 is 10.0 Å². The van der Waals surface area contributed by atoms with Crippen molar-refractivity contribution >= 4 is 38.2 Å². The summed E-state index contributed by atoms with van der Waals surface area (Å²) in [6.45, 7) is 0.390. The lowest BCUT2D eigenvalue weighted by atomic mass is 10.1. The molecule has 0 atom stereocenters. The van der Waals surface area contributed by atoms with Crippen LogP contribution >= 0.6 is 0 Å². The lowest BCUT2D eigenvalue weighted by Crippen LogP contribution is -2.29. The minimum absolute atomic E-state index is 0.0939. The Balaban J connectivity index is 1.46. The van der Waals surface area contributed by atoms with Crippen molar-refractivity contribution in [3.05, 3.63) is 96.2 Å². The maximum Gasteiger partial charge on any atom is 0.264 e. The number of para-hydroxylation sites is 1. The first-order valence-corrected chi connectivity index (χ1v) is 11.3. The van der Waals surface area contributed by atoms with Gasteiger partial charge in [0.05, 0.1) is 21.8 Å². The highest BCUT2D eigenvalue weighted by molar-refractivity contribution is 7.92. The van der Waals surface area contributed by atoms with Gasteiger partial charge in [-0.25, -0.2) is 8.42 Å². The van der Waals surface area contributed by atoms with Gasteiger partial charge in [0.15, 0.2) is 0 Å². The first-order valence-electron chi connectivity index (χ1n) is 9.90. The third kappa shape index (κ3) is 3.43. The maximum atomic E-state index is 13.3. The van der Waals surface area contributed by atoms with Gasteiger partial charge >= 0.3 is 0 Å². The zero-order valence-corrected chi connectivity index (χ0v) is 17.3. The van der Waals surface area contributed by atoms with E-state index >= 15 is 0 Å². The van der Waals surface area contributed by atoms with Crippen LogP contribution in [-0.4, -0.2) is 25.9 Å². The Morgan fingerprint density at radius 1 is 0.935 bits per heavy atom. The number of hydrogen-bond acceptors (Lipinski definition) is 4. The quantitative estimate of drug-likeness (QED) is 0.526. The number of nitrogens with one attached hydrogen (secondary N) is 1. The number of aromatic nitrogens is 1. The molecule has 1 aliphatic rings. The van der Waals surface area contributed by atoms with E-state index in [0.29, 0.717) is 24.3 Å². The molecule has 31 heavy (non-hydrogen) atoms. The van der Waals surface area contributed by atoms with E-state index in [-0.39, 0.29) is 16.4 Å². The number of pyridine rings is 1. The van der Waals surface area contributed by atoms with Crippen LogP contribution in [0.25, 0.3) is 10.9 Å². The summed E-state index contributed by atoms with van der Waals surface area (Å²) in [5.74, 6) is -0.379. The second-order valence-electron chi connectivity index (χ2n) is 7.31. The Kier molecular flexibility index (Phi) is 4.67. The highest BCUT2D eigenvalue weighted by atomic mass is 32.2. The van der Waals surface area contributed by atoms with Gasteiger partial charge < -0.3 is 5.32 Å². The largest absolute Gasteiger partial charge is 0.321 e. The molecular weight excluding hydrogens is 410 g/mol. The summed E-state index contributed by atoms with van der Waals surface area (Å²) in [5.41, 5.74) is 3.36. The van der Waals surface area contributed by atoms with E-state index in [2.05, 4.69) is 10.3 Å². The smallest absolute Gasteiger partial charge is 0.264 e. The molecule has 0 spiro atoms. The number of anilines is 2. The highest BCUT2D eigenvalue weighted by Gasteiger charge is 2.31. The fraction of sp³-hybridized carbons (Fsp3) is 0.0833. The number of nitrogens with zero attached hydrogens (tertiary/aromatic N) is 2. The van der Waals surface area contributed by atoms with Crippen LogP contribution in [0.5, 0.6) is 0 Å². The molecule has 6 nitrogen and oxygen atoms in total. The number of amides is 1. The van der Waals surface area contributed by atoms with E-state index in [1.54, 1.807) is 30.5 Å². The SMILES string of the molecule is O=C(Nc1cccc2ncccc12)c1cccc(S(=O)(=O)N2CCc3ccccc32)c1. The zero-order valence-electron chi connectivity index (χ0n) is 16.5. The molecule has 2 heterocycles. The molecule has 0 aliphatic carbocycles. The Bertz CT molecular complexity index is 1410. The van der Waals surface area contributed by atoms with Crippen LogP contribution in [0.15, 0.2) is 90.0 Å². The molecule has 1 N–H and O–H groups in total. The van der Waals surface area contributed by atoms with Crippen molar-refractivity contribution in [2.75, 3.05) is 16.2 Å². The topological polar surface area (TPSA) is 79.4 Å². The van der Waals surface area contributed by atoms with E-state index in [4.69, 9.17) is 0 Å². The molecule has 0 saturated carbocycles. The van der Waals surface area contributed by atoms with E-state index in [1.807, 2.05) is 42.5 Å². The minimum atomic E-state index is -3.77. The van der Waals surface area contributed by atoms with Gasteiger partial charge in [0.2, 0.25) is 0 Å². The van der Waals surface area contributed by atoms with Gasteiger partial charge in [-0.05, 0) is 60.5 Å². The molecule has 7 heteroatoms. The molecule has 0 fully saturated rings. The second-order valence-corrected chi connectivity index (χ2v) is 9.18. The van der Waals surface area contributed by atoms with E-state index in [0.717, 1.165) is 16.5 Å². The number of sulfonamides is 1. The molecule has 0 saturated heterocycles. The summed E-state index contributed by atoms with van der Waals surface area (Å²) in [6, 6.07) is 22.8. The van der Waals surface area contributed by atoms with Crippen LogP contribution in [0.2, 0.25) is 0 Å². The third-order valence-electron chi connectivity index (χ3n) is 5.42. The molecule has 154 valence electrons. The predicted octanol–water partition coefficient (Wildman–Crippen LogP) is 4.24. The predicted molar refractivity (Wildman–Crippen MR) is 121 cm³/mol. The van der Waals surface area contributed by atoms with Crippen LogP contribution in [0.4, 0.5) is 11.4 Å². The Morgan fingerprint density at radius 2 is 1.77 bits per heavy atom. The van der Waals surface area contributed by atoms with Gasteiger partial charge in [-0.3, -0.25) is 14.1 Å². The Hall–Kier alpha value is -3.71. The Morgan fingerprint density at radius 3 is 2.68 bits per heavy atom. The molecule has 0 bridgehead atoms. The van der Waals surface area contributed by atoms with E-state index in [9.17, 15) is 13.2 Å². The van der Waals surface area contributed by atoms with Gasteiger partial charge in [-0.1, -0.05) is 30.3 Å². The van der Waals surface area contributed by atoms with E-state index in [1.165, 1.54) is 16.4 Å². The number of hydrogen-bond donors (Lipinski definition) is 1. The fourth-order valence-corrected chi connectivity index (χ4v) is 5.44. The van der Waals surface area contributed by atoms with Crippen molar-refractivity contribution in [1.29, 1.82) is 0 Å². The molecule has 5 rings (SSSR count). The van der Waals surface area contributed by atoms with Gasteiger partial charge in [0, 0.05) is 23.7 Å². The van der Waals surface area contributed by atoms with Crippen molar-refractivity contribution in [3.63, 3.8) is 0 Å². The molecule has 1 aliphatic heterocycles. The van der Waals surface area contributed by atoms with Gasteiger partial charge in [-0.2, -0.15) is 0 Å². The Labute approximate surface area is 180 Å². The van der Waals surface area contributed by atoms with Crippen LogP contribution in [0.1, 0.15) is 15.9 Å². The first kappa shape index (κ1) is 19.3. The summed E-state index contributed by atoms with van der Waals surface area (Å²) < 4.78 is 28.0.